The molecule has 0 heterocycles. The lowest BCUT2D eigenvalue weighted by atomic mass is 9.86. The molecule has 0 bridgehead atoms. The van der Waals surface area contributed by atoms with E-state index in [0.29, 0.717) is 5.56 Å². The minimum absolute atomic E-state index is 0.00262. The Bertz CT molecular complexity index is 739. The maximum absolute atomic E-state index is 13.8. The van der Waals surface area contributed by atoms with Gasteiger partial charge in [-0.25, -0.2) is 4.39 Å². The highest BCUT2D eigenvalue weighted by Crippen LogP contribution is 2.22. The van der Waals surface area contributed by atoms with E-state index in [4.69, 9.17) is 0 Å². The summed E-state index contributed by atoms with van der Waals surface area (Å²) >= 11 is 0. The summed E-state index contributed by atoms with van der Waals surface area (Å²) in [5.74, 6) is -0.914. The molecule has 0 aliphatic rings. The third kappa shape index (κ3) is 3.95. The first-order valence-electron chi connectivity index (χ1n) is 7.38. The van der Waals surface area contributed by atoms with Crippen molar-refractivity contribution in [2.45, 2.75) is 32.2 Å². The van der Waals surface area contributed by atoms with Gasteiger partial charge in [-0.05, 0) is 29.2 Å². The van der Waals surface area contributed by atoms with Gasteiger partial charge in [0.05, 0.1) is 6.07 Å². The quantitative estimate of drug-likeness (QED) is 0.927. The summed E-state index contributed by atoms with van der Waals surface area (Å²) < 4.78 is 13.8. The normalized spacial score (nSPS) is 12.3. The molecule has 0 saturated carbocycles. The molecule has 2 aromatic rings. The van der Waals surface area contributed by atoms with Gasteiger partial charge in [0.25, 0.3) is 5.91 Å². The van der Waals surface area contributed by atoms with E-state index in [1.807, 2.05) is 18.2 Å². The van der Waals surface area contributed by atoms with Crippen LogP contribution in [0.4, 0.5) is 4.39 Å². The fourth-order valence-corrected chi connectivity index (χ4v) is 2.22. The van der Waals surface area contributed by atoms with Gasteiger partial charge >= 0.3 is 0 Å². The molecule has 2 aromatic carbocycles. The number of carbonyl (C=O) groups excluding carboxylic acids is 1. The molecule has 1 N–H and O–H groups in total. The highest BCUT2D eigenvalue weighted by molar-refractivity contribution is 5.94. The third-order valence-corrected chi connectivity index (χ3v) is 3.63. The van der Waals surface area contributed by atoms with Crippen LogP contribution in [0, 0.1) is 17.1 Å². The molecule has 1 atom stereocenters. The number of nitriles is 1. The van der Waals surface area contributed by atoms with Crippen molar-refractivity contribution >= 4 is 5.91 Å². The number of hydrogen-bond donors (Lipinski definition) is 1. The van der Waals surface area contributed by atoms with E-state index >= 15 is 0 Å². The Morgan fingerprint density at radius 2 is 1.74 bits per heavy atom. The van der Waals surface area contributed by atoms with Crippen LogP contribution >= 0.6 is 0 Å². The van der Waals surface area contributed by atoms with E-state index in [1.54, 1.807) is 24.3 Å². The first-order valence-corrected chi connectivity index (χ1v) is 7.38. The molecule has 3 nitrogen and oxygen atoms in total. The number of rotatable bonds is 3. The summed E-state index contributed by atoms with van der Waals surface area (Å²) in [5, 5.41) is 11.8. The van der Waals surface area contributed by atoms with Crippen LogP contribution in [-0.2, 0) is 5.41 Å². The van der Waals surface area contributed by atoms with Gasteiger partial charge < -0.3 is 5.32 Å². The Labute approximate surface area is 135 Å². The smallest absolute Gasteiger partial charge is 0.252 e. The van der Waals surface area contributed by atoms with Crippen LogP contribution in [0.1, 0.15) is 48.3 Å². The maximum Gasteiger partial charge on any atom is 0.252 e. The molecule has 2 rings (SSSR count). The molecular formula is C19H19FN2O. The van der Waals surface area contributed by atoms with Crippen LogP contribution in [0.15, 0.2) is 48.5 Å². The minimum atomic E-state index is -1.02. The summed E-state index contributed by atoms with van der Waals surface area (Å²) in [5.41, 5.74) is 1.71. The second kappa shape index (κ2) is 6.62. The molecule has 0 aliphatic carbocycles. The first-order chi connectivity index (χ1) is 10.8. The van der Waals surface area contributed by atoms with Crippen LogP contribution in [0.5, 0.6) is 0 Å². The zero-order chi connectivity index (χ0) is 17.0. The van der Waals surface area contributed by atoms with Crippen molar-refractivity contribution < 1.29 is 9.18 Å². The highest BCUT2D eigenvalue weighted by atomic mass is 19.1. The molecule has 118 valence electrons. The van der Waals surface area contributed by atoms with Crippen molar-refractivity contribution in [1.82, 2.24) is 5.32 Å². The number of carbonyl (C=O) groups is 1. The van der Waals surface area contributed by atoms with E-state index in [0.717, 1.165) is 5.56 Å². The predicted octanol–water partition coefficient (Wildman–Crippen LogP) is 4.12. The van der Waals surface area contributed by atoms with Crippen molar-refractivity contribution in [3.8, 4) is 6.07 Å². The van der Waals surface area contributed by atoms with Gasteiger partial charge in [-0.2, -0.15) is 5.26 Å². The molecular weight excluding hydrogens is 291 g/mol. The zero-order valence-corrected chi connectivity index (χ0v) is 13.4. The second-order valence-electron chi connectivity index (χ2n) is 6.38. The maximum atomic E-state index is 13.8. The molecule has 0 spiro atoms. The van der Waals surface area contributed by atoms with Crippen LogP contribution < -0.4 is 5.32 Å². The summed E-state index contributed by atoms with van der Waals surface area (Å²) in [6.07, 6.45) is 0. The molecule has 4 heteroatoms. The Hall–Kier alpha value is -2.67. The van der Waals surface area contributed by atoms with Crippen molar-refractivity contribution in [2.75, 3.05) is 0 Å². The van der Waals surface area contributed by atoms with Gasteiger partial charge in [-0.1, -0.05) is 51.1 Å². The van der Waals surface area contributed by atoms with Gasteiger partial charge in [-0.3, -0.25) is 4.79 Å². The van der Waals surface area contributed by atoms with Crippen molar-refractivity contribution in [1.29, 1.82) is 5.26 Å². The zero-order valence-electron chi connectivity index (χ0n) is 13.4. The van der Waals surface area contributed by atoms with Crippen LogP contribution in [-0.4, -0.2) is 5.91 Å². The summed E-state index contributed by atoms with van der Waals surface area (Å²) in [7, 11) is 0. The number of nitrogens with zero attached hydrogens (tertiary/aromatic N) is 1. The lowest BCUT2D eigenvalue weighted by Crippen LogP contribution is -2.28. The molecule has 0 saturated heterocycles. The van der Waals surface area contributed by atoms with E-state index in [9.17, 15) is 14.4 Å². The fourth-order valence-electron chi connectivity index (χ4n) is 2.22. The predicted molar refractivity (Wildman–Crippen MR) is 87.4 cm³/mol. The van der Waals surface area contributed by atoms with Gasteiger partial charge in [0, 0.05) is 11.1 Å². The Morgan fingerprint density at radius 3 is 2.26 bits per heavy atom. The average molecular weight is 310 g/mol. The lowest BCUT2D eigenvalue weighted by molar-refractivity contribution is 0.0944. The first kappa shape index (κ1) is 16.7. The topological polar surface area (TPSA) is 52.9 Å². The van der Waals surface area contributed by atoms with Crippen molar-refractivity contribution in [3.63, 3.8) is 0 Å². The van der Waals surface area contributed by atoms with Gasteiger partial charge in [0.15, 0.2) is 0 Å². The molecule has 1 amide bonds. The summed E-state index contributed by atoms with van der Waals surface area (Å²) in [4.78, 5) is 12.3. The number of nitrogens with one attached hydrogen (secondary N) is 1. The molecule has 1 unspecified atom stereocenters. The summed E-state index contributed by atoms with van der Waals surface area (Å²) in [6.45, 7) is 6.27. The Kier molecular flexibility index (Phi) is 4.80. The van der Waals surface area contributed by atoms with Crippen LogP contribution in [0.3, 0.4) is 0 Å². The highest BCUT2D eigenvalue weighted by Gasteiger charge is 2.19. The molecule has 0 fully saturated rings. The average Bonchev–Trinajstić information content (AvgIpc) is 2.52. The number of hydrogen-bond acceptors (Lipinski definition) is 2. The molecule has 0 aromatic heterocycles. The van der Waals surface area contributed by atoms with E-state index in [-0.39, 0.29) is 11.0 Å². The van der Waals surface area contributed by atoms with Gasteiger partial charge in [-0.15, -0.1) is 0 Å². The fraction of sp³-hybridized carbons (Fsp3) is 0.263. The largest absolute Gasteiger partial charge is 0.332 e. The SMILES string of the molecule is CC(C)(C)c1ccc(C(=O)NC(C#N)c2ccccc2F)cc1. The van der Waals surface area contributed by atoms with Crippen LogP contribution in [0.25, 0.3) is 0 Å². The standard InChI is InChI=1S/C19H19FN2O/c1-19(2,3)14-10-8-13(9-11-14)18(23)22-17(12-21)15-6-4-5-7-16(15)20/h4-11,17H,1-3H3,(H,22,23). The second-order valence-corrected chi connectivity index (χ2v) is 6.38. The van der Waals surface area contributed by atoms with E-state index < -0.39 is 17.8 Å². The monoisotopic (exact) mass is 310 g/mol. The number of halogens is 1. The van der Waals surface area contributed by atoms with Crippen molar-refractivity contribution in [2.24, 2.45) is 0 Å². The summed E-state index contributed by atoms with van der Waals surface area (Å²) in [6, 6.07) is 14.0. The van der Waals surface area contributed by atoms with Crippen molar-refractivity contribution in [3.05, 3.63) is 71.0 Å². The number of amides is 1. The molecule has 0 aliphatic heterocycles. The van der Waals surface area contributed by atoms with E-state index in [2.05, 4.69) is 26.1 Å². The molecule has 23 heavy (non-hydrogen) atoms. The van der Waals surface area contributed by atoms with Crippen LogP contribution in [0.2, 0.25) is 0 Å². The third-order valence-electron chi connectivity index (χ3n) is 3.63. The minimum Gasteiger partial charge on any atom is -0.332 e. The number of benzene rings is 2. The van der Waals surface area contributed by atoms with Gasteiger partial charge in [0.1, 0.15) is 11.9 Å². The van der Waals surface area contributed by atoms with Gasteiger partial charge in [0.2, 0.25) is 0 Å². The lowest BCUT2D eigenvalue weighted by Gasteiger charge is -2.19. The van der Waals surface area contributed by atoms with E-state index in [1.165, 1.54) is 12.1 Å². The Balaban J connectivity index is 2.18. The Morgan fingerprint density at radius 1 is 1.13 bits per heavy atom. The molecule has 0 radical (unpaired) electrons.